The van der Waals surface area contributed by atoms with Gasteiger partial charge in [-0.2, -0.15) is 5.10 Å². The maximum atomic E-state index is 12.3. The fraction of sp³-hybridized carbons (Fsp3) is 0.429. The van der Waals surface area contributed by atoms with Crippen LogP contribution in [-0.4, -0.2) is 34.4 Å². The summed E-state index contributed by atoms with van der Waals surface area (Å²) in [6.07, 6.45) is 1.82. The van der Waals surface area contributed by atoms with E-state index >= 15 is 0 Å². The lowest BCUT2D eigenvalue weighted by Crippen LogP contribution is -2.33. The van der Waals surface area contributed by atoms with Gasteiger partial charge in [-0.1, -0.05) is 6.92 Å². The standard InChI is InChI=1S/C14H20N4O3S/c1-5-8-22(20,21)16-13(19)12-9-15-17(4)14(12)18-10(2)6-7-11(18)3/h6-7,9H,5,8H2,1-4H3,(H,16,19). The van der Waals surface area contributed by atoms with E-state index in [2.05, 4.69) is 9.82 Å². The summed E-state index contributed by atoms with van der Waals surface area (Å²) in [5.74, 6) is -0.205. The Hall–Kier alpha value is -2.09. The van der Waals surface area contributed by atoms with E-state index in [4.69, 9.17) is 0 Å². The smallest absolute Gasteiger partial charge is 0.270 e. The molecule has 22 heavy (non-hydrogen) atoms. The molecule has 2 aromatic rings. The average Bonchev–Trinajstić information content (AvgIpc) is 2.92. The van der Waals surface area contributed by atoms with Gasteiger partial charge in [0.05, 0.1) is 11.9 Å². The fourth-order valence-corrected chi connectivity index (χ4v) is 3.41. The molecule has 2 rings (SSSR count). The number of amides is 1. The van der Waals surface area contributed by atoms with Crippen molar-refractivity contribution in [2.75, 3.05) is 5.75 Å². The number of aromatic nitrogens is 3. The second-order valence-corrected chi connectivity index (χ2v) is 7.05. The molecule has 2 aromatic heterocycles. The van der Waals surface area contributed by atoms with Gasteiger partial charge in [0.15, 0.2) is 0 Å². The van der Waals surface area contributed by atoms with Crippen molar-refractivity contribution in [1.82, 2.24) is 19.1 Å². The molecule has 120 valence electrons. The summed E-state index contributed by atoms with van der Waals surface area (Å²) in [6.45, 7) is 5.57. The lowest BCUT2D eigenvalue weighted by Gasteiger charge is -2.12. The molecule has 0 aliphatic carbocycles. The van der Waals surface area contributed by atoms with E-state index in [-0.39, 0.29) is 11.3 Å². The molecule has 2 heterocycles. The van der Waals surface area contributed by atoms with Gasteiger partial charge in [-0.05, 0) is 32.4 Å². The maximum Gasteiger partial charge on any atom is 0.270 e. The van der Waals surface area contributed by atoms with Crippen LogP contribution in [0.5, 0.6) is 0 Å². The summed E-state index contributed by atoms with van der Waals surface area (Å²) in [6, 6.07) is 3.86. The monoisotopic (exact) mass is 324 g/mol. The molecule has 0 saturated heterocycles. The molecular formula is C14H20N4O3S. The van der Waals surface area contributed by atoms with Gasteiger partial charge < -0.3 is 4.57 Å². The third-order valence-electron chi connectivity index (χ3n) is 3.36. The molecule has 0 atom stereocenters. The summed E-state index contributed by atoms with van der Waals surface area (Å²) >= 11 is 0. The minimum absolute atomic E-state index is 0.0874. The first-order chi connectivity index (χ1) is 10.3. The van der Waals surface area contributed by atoms with Crippen molar-refractivity contribution in [2.45, 2.75) is 27.2 Å². The van der Waals surface area contributed by atoms with Crippen LogP contribution in [-0.2, 0) is 17.1 Å². The van der Waals surface area contributed by atoms with E-state index in [1.807, 2.05) is 30.5 Å². The van der Waals surface area contributed by atoms with Gasteiger partial charge in [0.2, 0.25) is 10.0 Å². The van der Waals surface area contributed by atoms with Crippen molar-refractivity contribution < 1.29 is 13.2 Å². The number of nitrogens with one attached hydrogen (secondary N) is 1. The van der Waals surface area contributed by atoms with Gasteiger partial charge in [-0.3, -0.25) is 9.48 Å². The highest BCUT2D eigenvalue weighted by molar-refractivity contribution is 7.90. The summed E-state index contributed by atoms with van der Waals surface area (Å²) in [4.78, 5) is 12.3. The molecule has 0 aromatic carbocycles. The zero-order chi connectivity index (χ0) is 16.5. The highest BCUT2D eigenvalue weighted by atomic mass is 32.2. The molecule has 0 aliphatic rings. The van der Waals surface area contributed by atoms with Crippen molar-refractivity contribution >= 4 is 15.9 Å². The van der Waals surface area contributed by atoms with Crippen LogP contribution in [0.3, 0.4) is 0 Å². The van der Waals surface area contributed by atoms with Crippen LogP contribution in [0, 0.1) is 13.8 Å². The number of carbonyl (C=O) groups excluding carboxylic acids is 1. The van der Waals surface area contributed by atoms with Gasteiger partial charge in [-0.25, -0.2) is 13.1 Å². The molecular weight excluding hydrogens is 304 g/mol. The van der Waals surface area contributed by atoms with Crippen molar-refractivity contribution in [3.63, 3.8) is 0 Å². The van der Waals surface area contributed by atoms with Crippen molar-refractivity contribution in [1.29, 1.82) is 0 Å². The number of carbonyl (C=O) groups is 1. The van der Waals surface area contributed by atoms with E-state index in [1.165, 1.54) is 6.20 Å². The number of aryl methyl sites for hydroxylation is 3. The van der Waals surface area contributed by atoms with E-state index in [9.17, 15) is 13.2 Å². The van der Waals surface area contributed by atoms with Gasteiger partial charge in [-0.15, -0.1) is 0 Å². The lowest BCUT2D eigenvalue weighted by atomic mass is 10.3. The molecule has 0 spiro atoms. The number of rotatable bonds is 5. The van der Waals surface area contributed by atoms with E-state index in [0.29, 0.717) is 12.2 Å². The normalized spacial score (nSPS) is 11.6. The Morgan fingerprint density at radius 3 is 2.41 bits per heavy atom. The molecule has 7 nitrogen and oxygen atoms in total. The summed E-state index contributed by atoms with van der Waals surface area (Å²) in [5, 5.41) is 4.09. The predicted octanol–water partition coefficient (Wildman–Crippen LogP) is 1.30. The van der Waals surface area contributed by atoms with Crippen LogP contribution in [0.1, 0.15) is 35.1 Å². The first-order valence-corrected chi connectivity index (χ1v) is 8.64. The highest BCUT2D eigenvalue weighted by Gasteiger charge is 2.23. The number of nitrogens with zero attached hydrogens (tertiary/aromatic N) is 3. The molecule has 0 aliphatic heterocycles. The summed E-state index contributed by atoms with van der Waals surface area (Å²) < 4.78 is 29.1. The second-order valence-electron chi connectivity index (χ2n) is 5.21. The Kier molecular flexibility index (Phi) is 4.41. The van der Waals surface area contributed by atoms with Crippen molar-refractivity contribution in [3.8, 4) is 5.82 Å². The van der Waals surface area contributed by atoms with Gasteiger partial charge in [0, 0.05) is 18.4 Å². The van der Waals surface area contributed by atoms with E-state index in [0.717, 1.165) is 11.4 Å². The number of hydrogen-bond acceptors (Lipinski definition) is 4. The Morgan fingerprint density at radius 2 is 1.86 bits per heavy atom. The second kappa shape index (κ2) is 5.96. The van der Waals surface area contributed by atoms with E-state index < -0.39 is 15.9 Å². The largest absolute Gasteiger partial charge is 0.303 e. The van der Waals surface area contributed by atoms with Gasteiger partial charge in [0.25, 0.3) is 5.91 Å². The molecule has 0 saturated carbocycles. The quantitative estimate of drug-likeness (QED) is 0.898. The first kappa shape index (κ1) is 16.3. The SMILES string of the molecule is CCCS(=O)(=O)NC(=O)c1cnn(C)c1-n1c(C)ccc1C. The Balaban J connectivity index is 2.45. The van der Waals surface area contributed by atoms with Gasteiger partial charge in [0.1, 0.15) is 11.4 Å². The topological polar surface area (TPSA) is 86.0 Å². The molecule has 8 heteroatoms. The summed E-state index contributed by atoms with van der Waals surface area (Å²) in [7, 11) is -1.91. The summed E-state index contributed by atoms with van der Waals surface area (Å²) in [5.41, 5.74) is 2.10. The molecule has 0 radical (unpaired) electrons. The first-order valence-electron chi connectivity index (χ1n) is 6.99. The van der Waals surface area contributed by atoms with Crippen LogP contribution >= 0.6 is 0 Å². The molecule has 0 fully saturated rings. The number of hydrogen-bond donors (Lipinski definition) is 1. The third kappa shape index (κ3) is 3.06. The lowest BCUT2D eigenvalue weighted by molar-refractivity contribution is 0.0981. The maximum absolute atomic E-state index is 12.3. The minimum atomic E-state index is -3.62. The van der Waals surface area contributed by atoms with E-state index in [1.54, 1.807) is 18.7 Å². The Morgan fingerprint density at radius 1 is 1.27 bits per heavy atom. The zero-order valence-corrected chi connectivity index (χ0v) is 13.9. The van der Waals surface area contributed by atoms with Crippen LogP contribution in [0.4, 0.5) is 0 Å². The minimum Gasteiger partial charge on any atom is -0.303 e. The molecule has 1 amide bonds. The molecule has 0 unspecified atom stereocenters. The zero-order valence-electron chi connectivity index (χ0n) is 13.1. The molecule has 0 bridgehead atoms. The van der Waals surface area contributed by atoms with Crippen LogP contribution in [0.15, 0.2) is 18.3 Å². The third-order valence-corrected chi connectivity index (χ3v) is 4.80. The van der Waals surface area contributed by atoms with Crippen molar-refractivity contribution in [2.24, 2.45) is 7.05 Å². The van der Waals surface area contributed by atoms with Crippen LogP contribution < -0.4 is 4.72 Å². The Labute approximate surface area is 130 Å². The average molecular weight is 324 g/mol. The molecule has 1 N–H and O–H groups in total. The van der Waals surface area contributed by atoms with Crippen molar-refractivity contribution in [3.05, 3.63) is 35.3 Å². The van der Waals surface area contributed by atoms with Crippen LogP contribution in [0.25, 0.3) is 5.82 Å². The highest BCUT2D eigenvalue weighted by Crippen LogP contribution is 2.19. The predicted molar refractivity (Wildman–Crippen MR) is 83.6 cm³/mol. The van der Waals surface area contributed by atoms with Gasteiger partial charge >= 0.3 is 0 Å². The van der Waals surface area contributed by atoms with Crippen LogP contribution in [0.2, 0.25) is 0 Å². The fourth-order valence-electron chi connectivity index (χ4n) is 2.37. The number of sulfonamides is 1. The Bertz CT molecular complexity index is 783.